The number of fused-ring (bicyclic) bond motifs is 1. The van der Waals surface area contributed by atoms with Crippen molar-refractivity contribution in [3.8, 4) is 0 Å². The summed E-state index contributed by atoms with van der Waals surface area (Å²) in [6.07, 6.45) is 2.68. The van der Waals surface area contributed by atoms with Gasteiger partial charge in [0.05, 0.1) is 11.0 Å². The third-order valence-electron chi connectivity index (χ3n) is 4.00. The highest BCUT2D eigenvalue weighted by Crippen LogP contribution is 2.18. The summed E-state index contributed by atoms with van der Waals surface area (Å²) in [4.78, 5) is 28.5. The van der Waals surface area contributed by atoms with Crippen LogP contribution in [0, 0.1) is 5.41 Å². The van der Waals surface area contributed by atoms with E-state index in [1.54, 1.807) is 0 Å². The van der Waals surface area contributed by atoms with Crippen LogP contribution in [-0.4, -0.2) is 34.1 Å². The number of benzene rings is 1. The van der Waals surface area contributed by atoms with E-state index in [-0.39, 0.29) is 23.6 Å². The maximum Gasteiger partial charge on any atom is 0.323 e. The van der Waals surface area contributed by atoms with Crippen LogP contribution in [0.25, 0.3) is 11.0 Å². The SMILES string of the molecule is CC(C)(CCO)CNC(=O)CCCc1ccc2[nH]c(=O)[nH]c2c1. The fourth-order valence-electron chi connectivity index (χ4n) is 2.51. The van der Waals surface area contributed by atoms with E-state index in [1.807, 2.05) is 32.0 Å². The molecule has 0 atom stereocenters. The highest BCUT2D eigenvalue weighted by Gasteiger charge is 2.17. The van der Waals surface area contributed by atoms with E-state index in [0.29, 0.717) is 19.4 Å². The quantitative estimate of drug-likeness (QED) is 0.596. The van der Waals surface area contributed by atoms with Crippen LogP contribution in [0.5, 0.6) is 0 Å². The zero-order valence-corrected chi connectivity index (χ0v) is 13.7. The Morgan fingerprint density at radius 3 is 2.74 bits per heavy atom. The Morgan fingerprint density at radius 2 is 2.00 bits per heavy atom. The minimum Gasteiger partial charge on any atom is -0.396 e. The van der Waals surface area contributed by atoms with Gasteiger partial charge in [-0.05, 0) is 42.4 Å². The predicted molar refractivity (Wildman–Crippen MR) is 90.4 cm³/mol. The first-order chi connectivity index (χ1) is 10.9. The molecule has 0 saturated heterocycles. The number of amides is 1. The van der Waals surface area contributed by atoms with Crippen LogP contribution in [0.2, 0.25) is 0 Å². The van der Waals surface area contributed by atoms with Crippen molar-refractivity contribution in [3.05, 3.63) is 34.2 Å². The van der Waals surface area contributed by atoms with Crippen molar-refractivity contribution in [2.45, 2.75) is 39.5 Å². The lowest BCUT2D eigenvalue weighted by Gasteiger charge is -2.23. The van der Waals surface area contributed by atoms with Gasteiger partial charge in [0.1, 0.15) is 0 Å². The summed E-state index contributed by atoms with van der Waals surface area (Å²) in [6.45, 7) is 4.75. The minimum atomic E-state index is -0.206. The highest BCUT2D eigenvalue weighted by molar-refractivity contribution is 5.76. The Balaban J connectivity index is 1.77. The first-order valence-corrected chi connectivity index (χ1v) is 7.98. The van der Waals surface area contributed by atoms with Gasteiger partial charge in [-0.1, -0.05) is 19.9 Å². The molecule has 126 valence electrons. The molecular weight excluding hydrogens is 294 g/mol. The van der Waals surface area contributed by atoms with Gasteiger partial charge in [0.15, 0.2) is 0 Å². The Bertz CT molecular complexity index is 715. The van der Waals surface area contributed by atoms with Gasteiger partial charge in [-0.15, -0.1) is 0 Å². The fraction of sp³-hybridized carbons (Fsp3) is 0.529. The number of aromatic nitrogens is 2. The van der Waals surface area contributed by atoms with Crippen LogP contribution in [0.1, 0.15) is 38.7 Å². The molecule has 23 heavy (non-hydrogen) atoms. The van der Waals surface area contributed by atoms with E-state index in [9.17, 15) is 9.59 Å². The zero-order valence-electron chi connectivity index (χ0n) is 13.7. The summed E-state index contributed by atoms with van der Waals surface area (Å²) < 4.78 is 0. The number of hydrogen-bond donors (Lipinski definition) is 4. The van der Waals surface area contributed by atoms with Crippen LogP contribution in [-0.2, 0) is 11.2 Å². The molecule has 1 heterocycles. The lowest BCUT2D eigenvalue weighted by molar-refractivity contribution is -0.121. The van der Waals surface area contributed by atoms with E-state index >= 15 is 0 Å². The van der Waals surface area contributed by atoms with Crippen molar-refractivity contribution in [1.29, 1.82) is 0 Å². The molecule has 1 aromatic heterocycles. The molecule has 0 aliphatic heterocycles. The topological polar surface area (TPSA) is 98.0 Å². The van der Waals surface area contributed by atoms with Crippen molar-refractivity contribution in [2.24, 2.45) is 5.41 Å². The lowest BCUT2D eigenvalue weighted by atomic mass is 9.90. The van der Waals surface area contributed by atoms with Crippen molar-refractivity contribution in [3.63, 3.8) is 0 Å². The summed E-state index contributed by atoms with van der Waals surface area (Å²) in [6, 6.07) is 5.78. The maximum absolute atomic E-state index is 11.9. The van der Waals surface area contributed by atoms with Gasteiger partial charge in [-0.3, -0.25) is 4.79 Å². The number of carbonyl (C=O) groups excluding carboxylic acids is 1. The Labute approximate surface area is 135 Å². The fourth-order valence-corrected chi connectivity index (χ4v) is 2.51. The molecule has 6 heteroatoms. The van der Waals surface area contributed by atoms with Gasteiger partial charge < -0.3 is 20.4 Å². The van der Waals surface area contributed by atoms with E-state index in [1.165, 1.54) is 0 Å². The first-order valence-electron chi connectivity index (χ1n) is 7.98. The molecular formula is C17H25N3O3. The smallest absolute Gasteiger partial charge is 0.323 e. The van der Waals surface area contributed by atoms with Gasteiger partial charge in [0, 0.05) is 19.6 Å². The van der Waals surface area contributed by atoms with E-state index in [0.717, 1.165) is 29.4 Å². The summed E-state index contributed by atoms with van der Waals surface area (Å²) in [5.74, 6) is 0.0344. The number of aryl methyl sites for hydroxylation is 1. The van der Waals surface area contributed by atoms with Gasteiger partial charge in [0.2, 0.25) is 5.91 Å². The number of carbonyl (C=O) groups is 1. The normalized spacial score (nSPS) is 11.8. The maximum atomic E-state index is 11.9. The summed E-state index contributed by atoms with van der Waals surface area (Å²) in [5.41, 5.74) is 2.39. The highest BCUT2D eigenvalue weighted by atomic mass is 16.3. The second kappa shape index (κ2) is 7.46. The van der Waals surface area contributed by atoms with Crippen LogP contribution < -0.4 is 11.0 Å². The van der Waals surface area contributed by atoms with Crippen LogP contribution >= 0.6 is 0 Å². The van der Waals surface area contributed by atoms with Gasteiger partial charge >= 0.3 is 5.69 Å². The Kier molecular flexibility index (Phi) is 5.60. The summed E-state index contributed by atoms with van der Waals surface area (Å²) >= 11 is 0. The second-order valence-corrected chi connectivity index (χ2v) is 6.73. The molecule has 1 aromatic carbocycles. The molecule has 2 aromatic rings. The minimum absolute atomic E-state index is 0.0344. The average molecular weight is 319 g/mol. The first kappa shape index (κ1) is 17.3. The average Bonchev–Trinajstić information content (AvgIpc) is 2.84. The number of H-pyrrole nitrogens is 2. The molecule has 0 saturated carbocycles. The molecule has 0 fully saturated rings. The number of nitrogens with one attached hydrogen (secondary N) is 3. The molecule has 4 N–H and O–H groups in total. The van der Waals surface area contributed by atoms with E-state index in [2.05, 4.69) is 15.3 Å². The molecule has 6 nitrogen and oxygen atoms in total. The zero-order chi connectivity index (χ0) is 16.9. The number of imidazole rings is 1. The monoisotopic (exact) mass is 319 g/mol. The van der Waals surface area contributed by atoms with E-state index < -0.39 is 0 Å². The molecule has 0 radical (unpaired) electrons. The lowest BCUT2D eigenvalue weighted by Crippen LogP contribution is -2.34. The molecule has 2 rings (SSSR count). The molecule has 0 unspecified atom stereocenters. The Hall–Kier alpha value is -2.08. The molecule has 0 bridgehead atoms. The number of hydrogen-bond acceptors (Lipinski definition) is 3. The second-order valence-electron chi connectivity index (χ2n) is 6.73. The predicted octanol–water partition coefficient (Wildman–Crippen LogP) is 1.70. The van der Waals surface area contributed by atoms with Crippen LogP contribution in [0.15, 0.2) is 23.0 Å². The molecule has 0 aliphatic carbocycles. The van der Waals surface area contributed by atoms with Crippen LogP contribution in [0.3, 0.4) is 0 Å². The van der Waals surface area contributed by atoms with E-state index in [4.69, 9.17) is 5.11 Å². The third kappa shape index (κ3) is 5.25. The number of aromatic amines is 2. The summed E-state index contributed by atoms with van der Waals surface area (Å²) in [7, 11) is 0. The number of rotatable bonds is 8. The number of aliphatic hydroxyl groups excluding tert-OH is 1. The van der Waals surface area contributed by atoms with Crippen molar-refractivity contribution in [2.75, 3.05) is 13.2 Å². The van der Waals surface area contributed by atoms with Gasteiger partial charge in [-0.25, -0.2) is 4.79 Å². The summed E-state index contributed by atoms with van der Waals surface area (Å²) in [5, 5.41) is 11.9. The Morgan fingerprint density at radius 1 is 1.26 bits per heavy atom. The van der Waals surface area contributed by atoms with Gasteiger partial charge in [0.25, 0.3) is 0 Å². The largest absolute Gasteiger partial charge is 0.396 e. The standard InChI is InChI=1S/C17H25N3O3/c1-17(2,8-9-21)11-18-15(22)5-3-4-12-6-7-13-14(10-12)20-16(23)19-13/h6-7,10,21H,3-5,8-9,11H2,1-2H3,(H,18,22)(H2,19,20,23). The molecule has 0 spiro atoms. The molecule has 1 amide bonds. The third-order valence-corrected chi connectivity index (χ3v) is 4.00. The van der Waals surface area contributed by atoms with Crippen molar-refractivity contribution in [1.82, 2.24) is 15.3 Å². The van der Waals surface area contributed by atoms with Crippen LogP contribution in [0.4, 0.5) is 0 Å². The van der Waals surface area contributed by atoms with Crippen molar-refractivity contribution < 1.29 is 9.90 Å². The van der Waals surface area contributed by atoms with Gasteiger partial charge in [-0.2, -0.15) is 0 Å². The number of aliphatic hydroxyl groups is 1. The molecule has 0 aliphatic rings. The van der Waals surface area contributed by atoms with Crippen molar-refractivity contribution >= 4 is 16.9 Å².